The van der Waals surface area contributed by atoms with Crippen LogP contribution in [0.2, 0.25) is 0 Å². The molecule has 1 atom stereocenters. The average molecular weight is 305 g/mol. The molecular formula is C13H18F3N3O2. The number of hydrogen-bond donors (Lipinski definition) is 2. The molecule has 118 valence electrons. The molecule has 0 fully saturated rings. The number of hydrogen-bond acceptors (Lipinski definition) is 4. The van der Waals surface area contributed by atoms with Gasteiger partial charge >= 0.3 is 12.1 Å². The zero-order chi connectivity index (χ0) is 16.2. The van der Waals surface area contributed by atoms with Gasteiger partial charge in [0.05, 0.1) is 0 Å². The van der Waals surface area contributed by atoms with Gasteiger partial charge in [0.25, 0.3) is 0 Å². The van der Waals surface area contributed by atoms with Gasteiger partial charge in [-0.25, -0.2) is 9.78 Å². The lowest BCUT2D eigenvalue weighted by molar-refractivity contribution is -0.141. The average Bonchev–Trinajstić information content (AvgIpc) is 2.34. The van der Waals surface area contributed by atoms with Gasteiger partial charge in [-0.05, 0) is 46.1 Å². The number of carboxylic acid groups (broad SMARTS) is 1. The van der Waals surface area contributed by atoms with Crippen LogP contribution in [0.15, 0.2) is 12.1 Å². The molecule has 1 rings (SSSR count). The lowest BCUT2D eigenvalue weighted by Gasteiger charge is -2.19. The minimum Gasteiger partial charge on any atom is -0.478 e. The molecule has 0 aromatic carbocycles. The highest BCUT2D eigenvalue weighted by Gasteiger charge is 2.33. The van der Waals surface area contributed by atoms with Gasteiger partial charge in [-0.15, -0.1) is 0 Å². The van der Waals surface area contributed by atoms with Gasteiger partial charge in [0.2, 0.25) is 0 Å². The van der Waals surface area contributed by atoms with Crippen molar-refractivity contribution in [3.8, 4) is 0 Å². The summed E-state index contributed by atoms with van der Waals surface area (Å²) in [4.78, 5) is 16.4. The second-order valence-electron chi connectivity index (χ2n) is 5.03. The first-order valence-electron chi connectivity index (χ1n) is 6.34. The summed E-state index contributed by atoms with van der Waals surface area (Å²) in [5.41, 5.74) is -1.39. The lowest BCUT2D eigenvalue weighted by Crippen LogP contribution is -2.25. The van der Waals surface area contributed by atoms with Gasteiger partial charge in [0, 0.05) is 6.04 Å². The number of rotatable bonds is 6. The first kappa shape index (κ1) is 17.2. The fraction of sp³-hybridized carbons (Fsp3) is 0.538. The fourth-order valence-corrected chi connectivity index (χ4v) is 1.66. The Labute approximate surface area is 120 Å². The molecule has 8 heteroatoms. The van der Waals surface area contributed by atoms with Crippen molar-refractivity contribution in [2.24, 2.45) is 0 Å². The summed E-state index contributed by atoms with van der Waals surface area (Å²) in [5.74, 6) is -1.58. The van der Waals surface area contributed by atoms with Crippen LogP contribution in [0.5, 0.6) is 0 Å². The van der Waals surface area contributed by atoms with Crippen molar-refractivity contribution in [3.63, 3.8) is 0 Å². The summed E-state index contributed by atoms with van der Waals surface area (Å²) >= 11 is 0. The Kier molecular flexibility index (Phi) is 5.54. The first-order chi connectivity index (χ1) is 9.61. The highest BCUT2D eigenvalue weighted by Crippen LogP contribution is 2.29. The summed E-state index contributed by atoms with van der Waals surface area (Å²) < 4.78 is 37.9. The van der Waals surface area contributed by atoms with Crippen LogP contribution in [0.1, 0.15) is 29.4 Å². The Morgan fingerprint density at radius 3 is 2.52 bits per heavy atom. The van der Waals surface area contributed by atoms with Gasteiger partial charge in [0.15, 0.2) is 0 Å². The van der Waals surface area contributed by atoms with Crippen LogP contribution in [0.3, 0.4) is 0 Å². The molecule has 1 heterocycles. The maximum atomic E-state index is 12.6. The minimum atomic E-state index is -4.61. The van der Waals surface area contributed by atoms with Crippen LogP contribution in [-0.4, -0.2) is 47.6 Å². The largest absolute Gasteiger partial charge is 0.478 e. The predicted octanol–water partition coefficient (Wildman–Crippen LogP) is 2.55. The molecule has 2 N–H and O–H groups in total. The van der Waals surface area contributed by atoms with E-state index in [0.29, 0.717) is 12.5 Å². The van der Waals surface area contributed by atoms with E-state index in [1.54, 1.807) is 6.92 Å². The predicted molar refractivity (Wildman–Crippen MR) is 72.5 cm³/mol. The summed E-state index contributed by atoms with van der Waals surface area (Å²) in [7, 11) is 3.75. The van der Waals surface area contributed by atoms with E-state index in [1.807, 2.05) is 19.0 Å². The smallest absolute Gasteiger partial charge is 0.433 e. The molecule has 1 aromatic rings. The molecule has 21 heavy (non-hydrogen) atoms. The molecule has 0 aliphatic rings. The molecule has 0 radical (unpaired) electrons. The second kappa shape index (κ2) is 6.75. The third-order valence-electron chi connectivity index (χ3n) is 2.81. The van der Waals surface area contributed by atoms with E-state index in [-0.39, 0.29) is 17.4 Å². The summed E-state index contributed by atoms with van der Waals surface area (Å²) in [6.45, 7) is 2.48. The monoisotopic (exact) mass is 305 g/mol. The molecule has 0 saturated carbocycles. The number of carbonyl (C=O) groups is 1. The van der Waals surface area contributed by atoms with Crippen molar-refractivity contribution in [1.29, 1.82) is 0 Å². The number of anilines is 1. The molecular weight excluding hydrogens is 287 g/mol. The van der Waals surface area contributed by atoms with E-state index in [9.17, 15) is 18.0 Å². The molecule has 0 aliphatic carbocycles. The number of aromatic carboxylic acids is 1. The maximum Gasteiger partial charge on any atom is 0.433 e. The number of pyridine rings is 1. The Bertz CT molecular complexity index is 504. The van der Waals surface area contributed by atoms with Crippen LogP contribution in [0, 0.1) is 0 Å². The highest BCUT2D eigenvalue weighted by atomic mass is 19.4. The van der Waals surface area contributed by atoms with Gasteiger partial charge in [-0.3, -0.25) is 0 Å². The third-order valence-corrected chi connectivity index (χ3v) is 2.81. The quantitative estimate of drug-likeness (QED) is 0.845. The van der Waals surface area contributed by atoms with Crippen LogP contribution in [0.4, 0.5) is 19.0 Å². The number of alkyl halides is 3. The number of halogens is 3. The van der Waals surface area contributed by atoms with Crippen LogP contribution in [-0.2, 0) is 6.18 Å². The van der Waals surface area contributed by atoms with E-state index in [1.165, 1.54) is 0 Å². The Balaban J connectivity index is 2.99. The van der Waals surface area contributed by atoms with Crippen LogP contribution >= 0.6 is 0 Å². The third kappa shape index (κ3) is 5.22. The normalized spacial score (nSPS) is 13.3. The van der Waals surface area contributed by atoms with Crippen molar-refractivity contribution < 1.29 is 23.1 Å². The summed E-state index contributed by atoms with van der Waals surface area (Å²) in [6.07, 6.45) is -3.97. The van der Waals surface area contributed by atoms with E-state index in [4.69, 9.17) is 5.11 Å². The first-order valence-corrected chi connectivity index (χ1v) is 6.34. The van der Waals surface area contributed by atoms with Crippen LogP contribution in [0.25, 0.3) is 0 Å². The molecule has 0 bridgehead atoms. The summed E-state index contributed by atoms with van der Waals surface area (Å²) in [5, 5.41) is 11.8. The van der Waals surface area contributed by atoms with Crippen molar-refractivity contribution >= 4 is 11.8 Å². The van der Waals surface area contributed by atoms with E-state index < -0.39 is 17.8 Å². The number of aromatic nitrogens is 1. The second-order valence-corrected chi connectivity index (χ2v) is 5.03. The number of carboxylic acids is 1. The Hall–Kier alpha value is -1.83. The standard InChI is InChI=1S/C13H18F3N3O2/c1-8(6-7-19(2)3)17-11-9(12(20)21)4-5-10(18-11)13(14,15)16/h4-5,8H,6-7H2,1-3H3,(H,17,18)(H,20,21). The zero-order valence-electron chi connectivity index (χ0n) is 12.0. The van der Waals surface area contributed by atoms with E-state index >= 15 is 0 Å². The van der Waals surface area contributed by atoms with Crippen molar-refractivity contribution in [2.75, 3.05) is 26.0 Å². The lowest BCUT2D eigenvalue weighted by atomic mass is 10.2. The highest BCUT2D eigenvalue weighted by molar-refractivity contribution is 5.93. The van der Waals surface area contributed by atoms with Crippen molar-refractivity contribution in [1.82, 2.24) is 9.88 Å². The number of nitrogens with one attached hydrogen (secondary N) is 1. The molecule has 0 aliphatic heterocycles. The molecule has 1 aromatic heterocycles. The summed E-state index contributed by atoms with van der Waals surface area (Å²) in [6, 6.07) is 1.37. The Morgan fingerprint density at radius 1 is 1.43 bits per heavy atom. The van der Waals surface area contributed by atoms with Gasteiger partial charge in [-0.1, -0.05) is 0 Å². The van der Waals surface area contributed by atoms with E-state index in [2.05, 4.69) is 10.3 Å². The molecule has 0 spiro atoms. The molecule has 1 unspecified atom stereocenters. The molecule has 0 amide bonds. The fourth-order valence-electron chi connectivity index (χ4n) is 1.66. The SMILES string of the molecule is CC(CCN(C)C)Nc1nc(C(F)(F)F)ccc1C(=O)O. The van der Waals surface area contributed by atoms with Gasteiger partial charge < -0.3 is 15.3 Å². The molecule has 0 saturated heterocycles. The van der Waals surface area contributed by atoms with Crippen LogP contribution < -0.4 is 5.32 Å². The Morgan fingerprint density at radius 2 is 2.05 bits per heavy atom. The molecule has 5 nitrogen and oxygen atoms in total. The van der Waals surface area contributed by atoms with E-state index in [0.717, 1.165) is 12.6 Å². The van der Waals surface area contributed by atoms with Crippen molar-refractivity contribution in [2.45, 2.75) is 25.6 Å². The topological polar surface area (TPSA) is 65.5 Å². The minimum absolute atomic E-state index is 0.207. The number of nitrogens with zero attached hydrogens (tertiary/aromatic N) is 2. The van der Waals surface area contributed by atoms with Crippen molar-refractivity contribution in [3.05, 3.63) is 23.4 Å². The zero-order valence-corrected chi connectivity index (χ0v) is 12.0. The maximum absolute atomic E-state index is 12.6. The van der Waals surface area contributed by atoms with Gasteiger partial charge in [-0.2, -0.15) is 13.2 Å². The van der Waals surface area contributed by atoms with Gasteiger partial charge in [0.1, 0.15) is 17.1 Å².